The van der Waals surface area contributed by atoms with Crippen molar-refractivity contribution in [2.24, 2.45) is 5.92 Å². The standard InChI is InChI=1S/C8H12N4O2S/c1-9-6-4-14-3-5(6)8(13)11-7-2-10-12-15-7/h2,5-6,9H,3-4H2,1H3,(H,11,13). The van der Waals surface area contributed by atoms with Crippen LogP contribution in [-0.4, -0.2) is 41.8 Å². The first kappa shape index (κ1) is 10.5. The number of anilines is 1. The molecular formula is C8H12N4O2S. The van der Waals surface area contributed by atoms with Gasteiger partial charge in [-0.1, -0.05) is 4.49 Å². The fourth-order valence-corrected chi connectivity index (χ4v) is 1.96. The van der Waals surface area contributed by atoms with Crippen LogP contribution < -0.4 is 10.6 Å². The van der Waals surface area contributed by atoms with E-state index in [9.17, 15) is 4.79 Å². The number of nitrogens with one attached hydrogen (secondary N) is 2. The number of rotatable bonds is 3. The molecule has 15 heavy (non-hydrogen) atoms. The average molecular weight is 228 g/mol. The Hall–Kier alpha value is -1.05. The summed E-state index contributed by atoms with van der Waals surface area (Å²) < 4.78 is 8.92. The van der Waals surface area contributed by atoms with Crippen LogP contribution in [-0.2, 0) is 9.53 Å². The molecular weight excluding hydrogens is 216 g/mol. The topological polar surface area (TPSA) is 76.1 Å². The number of hydrogen-bond donors (Lipinski definition) is 2. The number of amides is 1. The minimum atomic E-state index is -0.142. The van der Waals surface area contributed by atoms with Crippen LogP contribution in [0.25, 0.3) is 0 Å². The molecule has 0 aromatic carbocycles. The SMILES string of the molecule is CNC1COCC1C(=O)Nc1cnns1. The van der Waals surface area contributed by atoms with Gasteiger partial charge in [0.2, 0.25) is 5.91 Å². The van der Waals surface area contributed by atoms with E-state index in [4.69, 9.17) is 4.74 Å². The average Bonchev–Trinajstić information content (AvgIpc) is 2.86. The van der Waals surface area contributed by atoms with Gasteiger partial charge in [-0.25, -0.2) is 0 Å². The molecule has 6 nitrogen and oxygen atoms in total. The van der Waals surface area contributed by atoms with Gasteiger partial charge in [0.15, 0.2) is 0 Å². The molecule has 82 valence electrons. The van der Waals surface area contributed by atoms with E-state index in [0.29, 0.717) is 18.2 Å². The third kappa shape index (κ3) is 2.31. The molecule has 0 bridgehead atoms. The van der Waals surface area contributed by atoms with Gasteiger partial charge >= 0.3 is 0 Å². The summed E-state index contributed by atoms with van der Waals surface area (Å²) in [4.78, 5) is 11.8. The second-order valence-electron chi connectivity index (χ2n) is 3.31. The zero-order valence-electron chi connectivity index (χ0n) is 8.27. The molecule has 2 heterocycles. The normalized spacial score (nSPS) is 25.4. The Morgan fingerprint density at radius 3 is 3.20 bits per heavy atom. The molecule has 2 atom stereocenters. The molecule has 1 aromatic heterocycles. The molecule has 0 radical (unpaired) electrons. The van der Waals surface area contributed by atoms with Crippen molar-refractivity contribution >= 4 is 22.4 Å². The molecule has 2 unspecified atom stereocenters. The van der Waals surface area contributed by atoms with Crippen LogP contribution in [0, 0.1) is 5.92 Å². The van der Waals surface area contributed by atoms with Gasteiger partial charge in [-0.3, -0.25) is 4.79 Å². The lowest BCUT2D eigenvalue weighted by atomic mass is 10.0. The molecule has 1 aromatic rings. The lowest BCUT2D eigenvalue weighted by Crippen LogP contribution is -2.39. The summed E-state index contributed by atoms with van der Waals surface area (Å²) in [5, 5.41) is 10.1. The quantitative estimate of drug-likeness (QED) is 0.743. The molecule has 1 saturated heterocycles. The summed E-state index contributed by atoms with van der Waals surface area (Å²) in [5.74, 6) is -0.185. The molecule has 1 aliphatic rings. The third-order valence-electron chi connectivity index (χ3n) is 2.40. The molecule has 0 spiro atoms. The number of hydrogen-bond acceptors (Lipinski definition) is 6. The zero-order chi connectivity index (χ0) is 10.7. The summed E-state index contributed by atoms with van der Waals surface area (Å²) in [5.41, 5.74) is 0. The highest BCUT2D eigenvalue weighted by Crippen LogP contribution is 2.17. The molecule has 1 fully saturated rings. The highest BCUT2D eigenvalue weighted by atomic mass is 32.1. The van der Waals surface area contributed by atoms with Crippen molar-refractivity contribution < 1.29 is 9.53 Å². The van der Waals surface area contributed by atoms with E-state index in [1.807, 2.05) is 7.05 Å². The van der Waals surface area contributed by atoms with Gasteiger partial charge in [0.1, 0.15) is 5.00 Å². The maximum absolute atomic E-state index is 11.8. The van der Waals surface area contributed by atoms with E-state index in [0.717, 1.165) is 11.5 Å². The lowest BCUT2D eigenvalue weighted by molar-refractivity contribution is -0.120. The maximum Gasteiger partial charge on any atom is 0.232 e. The Kier molecular flexibility index (Phi) is 3.24. The molecule has 1 amide bonds. The van der Waals surface area contributed by atoms with E-state index in [1.54, 1.807) is 0 Å². The van der Waals surface area contributed by atoms with Gasteiger partial charge in [0.25, 0.3) is 0 Å². The van der Waals surface area contributed by atoms with Crippen LogP contribution in [0.4, 0.5) is 5.00 Å². The van der Waals surface area contributed by atoms with Crippen LogP contribution in [0.1, 0.15) is 0 Å². The second-order valence-corrected chi connectivity index (χ2v) is 4.10. The number of likely N-dealkylation sites (N-methyl/N-ethyl adjacent to an activating group) is 1. The molecule has 0 saturated carbocycles. The highest BCUT2D eigenvalue weighted by molar-refractivity contribution is 7.10. The van der Waals surface area contributed by atoms with Crippen molar-refractivity contribution in [2.75, 3.05) is 25.6 Å². The van der Waals surface area contributed by atoms with E-state index in [-0.39, 0.29) is 17.9 Å². The Labute approximate surface area is 91.2 Å². The van der Waals surface area contributed by atoms with Crippen LogP contribution in [0.15, 0.2) is 6.20 Å². The van der Waals surface area contributed by atoms with Crippen LogP contribution >= 0.6 is 11.5 Å². The van der Waals surface area contributed by atoms with E-state index in [2.05, 4.69) is 20.2 Å². The van der Waals surface area contributed by atoms with Crippen molar-refractivity contribution in [3.05, 3.63) is 6.20 Å². The first-order valence-electron chi connectivity index (χ1n) is 4.64. The zero-order valence-corrected chi connectivity index (χ0v) is 9.08. The monoisotopic (exact) mass is 228 g/mol. The fraction of sp³-hybridized carbons (Fsp3) is 0.625. The number of carbonyl (C=O) groups excluding carboxylic acids is 1. The van der Waals surface area contributed by atoms with Gasteiger partial charge in [-0.2, -0.15) is 0 Å². The first-order valence-corrected chi connectivity index (χ1v) is 5.42. The summed E-state index contributed by atoms with van der Waals surface area (Å²) >= 11 is 1.16. The van der Waals surface area contributed by atoms with E-state index in [1.165, 1.54) is 6.20 Å². The summed E-state index contributed by atoms with van der Waals surface area (Å²) in [6, 6.07) is 0.0888. The number of nitrogens with zero attached hydrogens (tertiary/aromatic N) is 2. The van der Waals surface area contributed by atoms with Crippen molar-refractivity contribution in [2.45, 2.75) is 6.04 Å². The second kappa shape index (κ2) is 4.65. The Morgan fingerprint density at radius 2 is 2.53 bits per heavy atom. The van der Waals surface area contributed by atoms with Crippen molar-refractivity contribution in [1.82, 2.24) is 14.9 Å². The Morgan fingerprint density at radius 1 is 1.67 bits per heavy atom. The first-order chi connectivity index (χ1) is 7.31. The van der Waals surface area contributed by atoms with Crippen molar-refractivity contribution in [1.29, 1.82) is 0 Å². The third-order valence-corrected chi connectivity index (χ3v) is 2.98. The molecule has 1 aliphatic heterocycles. The summed E-state index contributed by atoms with van der Waals surface area (Å²) in [6.45, 7) is 1.04. The highest BCUT2D eigenvalue weighted by Gasteiger charge is 2.33. The van der Waals surface area contributed by atoms with Gasteiger partial charge < -0.3 is 15.4 Å². The predicted molar refractivity (Wildman–Crippen MR) is 55.7 cm³/mol. The Balaban J connectivity index is 1.96. The Bertz CT molecular complexity index is 329. The van der Waals surface area contributed by atoms with Crippen molar-refractivity contribution in [3.63, 3.8) is 0 Å². The molecule has 2 rings (SSSR count). The van der Waals surface area contributed by atoms with Gasteiger partial charge in [-0.15, -0.1) is 5.10 Å². The van der Waals surface area contributed by atoms with E-state index >= 15 is 0 Å². The number of aromatic nitrogens is 2. The molecule has 0 aliphatic carbocycles. The summed E-state index contributed by atoms with van der Waals surface area (Å²) in [7, 11) is 1.83. The van der Waals surface area contributed by atoms with Crippen LogP contribution in [0.5, 0.6) is 0 Å². The smallest absolute Gasteiger partial charge is 0.232 e. The van der Waals surface area contributed by atoms with Crippen LogP contribution in [0.3, 0.4) is 0 Å². The largest absolute Gasteiger partial charge is 0.379 e. The summed E-state index contributed by atoms with van der Waals surface area (Å²) in [6.07, 6.45) is 1.53. The van der Waals surface area contributed by atoms with Gasteiger partial charge in [-0.05, 0) is 7.05 Å². The number of ether oxygens (including phenoxy) is 1. The maximum atomic E-state index is 11.8. The number of carbonyl (C=O) groups is 1. The molecule has 7 heteroatoms. The van der Waals surface area contributed by atoms with Gasteiger partial charge in [0.05, 0.1) is 25.3 Å². The fourth-order valence-electron chi connectivity index (χ4n) is 1.53. The van der Waals surface area contributed by atoms with Gasteiger partial charge in [0, 0.05) is 17.6 Å². The minimum absolute atomic E-state index is 0.0436. The predicted octanol–water partition coefficient (Wildman–Crippen LogP) is -0.289. The molecule has 2 N–H and O–H groups in total. The van der Waals surface area contributed by atoms with E-state index < -0.39 is 0 Å². The minimum Gasteiger partial charge on any atom is -0.379 e. The lowest BCUT2D eigenvalue weighted by Gasteiger charge is -2.15. The van der Waals surface area contributed by atoms with Crippen LogP contribution in [0.2, 0.25) is 0 Å². The van der Waals surface area contributed by atoms with Crippen molar-refractivity contribution in [3.8, 4) is 0 Å².